The molecule has 1 saturated heterocycles. The first-order chi connectivity index (χ1) is 15.2. The first kappa shape index (κ1) is 21.7. The van der Waals surface area contributed by atoms with Crippen molar-refractivity contribution in [1.29, 1.82) is 0 Å². The third kappa shape index (κ3) is 5.78. The van der Waals surface area contributed by atoms with Gasteiger partial charge in [0.2, 0.25) is 0 Å². The summed E-state index contributed by atoms with van der Waals surface area (Å²) >= 11 is 0. The number of rotatable bonds is 6. The molecule has 0 aromatic carbocycles. The van der Waals surface area contributed by atoms with Crippen LogP contribution in [0.15, 0.2) is 24.5 Å². The lowest BCUT2D eigenvalue weighted by atomic mass is 10.2. The predicted molar refractivity (Wildman–Crippen MR) is 112 cm³/mol. The fourth-order valence-electron chi connectivity index (χ4n) is 4.01. The molecule has 2 bridgehead atoms. The number of hydrogen-bond acceptors (Lipinski definition) is 8. The first-order valence-electron chi connectivity index (χ1n) is 11.0. The van der Waals surface area contributed by atoms with Crippen LogP contribution in [0.4, 0.5) is 0 Å². The van der Waals surface area contributed by atoms with E-state index in [2.05, 4.69) is 25.5 Å². The SMILES string of the molecule is O=C1N[C@H]2CN(CCCCCCO)C[C@@H]2OCc2cn(nn2)CCOc2cccnc21. The molecule has 2 aliphatic heterocycles. The van der Waals surface area contributed by atoms with Crippen molar-refractivity contribution >= 4 is 5.91 Å². The molecule has 0 spiro atoms. The van der Waals surface area contributed by atoms with E-state index >= 15 is 0 Å². The summed E-state index contributed by atoms with van der Waals surface area (Å²) in [4.78, 5) is 19.6. The molecule has 4 heterocycles. The Morgan fingerprint density at radius 1 is 1.23 bits per heavy atom. The molecule has 31 heavy (non-hydrogen) atoms. The molecular weight excluding hydrogens is 400 g/mol. The standard InChI is InChI=1S/C21H30N6O4/c28-10-4-2-1-3-8-26-13-17-19(14-26)31-15-16-12-27(25-24-16)9-11-30-18-6-5-7-22-20(18)21(29)23-17/h5-7,12,17,19,28H,1-4,8-11,13-15H2,(H,23,29)/t17-,19-/m0/s1. The highest BCUT2D eigenvalue weighted by Crippen LogP contribution is 2.20. The number of pyridine rings is 1. The molecule has 2 aliphatic rings. The summed E-state index contributed by atoms with van der Waals surface area (Å²) in [6.07, 6.45) is 7.32. The maximum Gasteiger partial charge on any atom is 0.274 e. The van der Waals surface area contributed by atoms with Crippen molar-refractivity contribution in [3.63, 3.8) is 0 Å². The summed E-state index contributed by atoms with van der Waals surface area (Å²) < 4.78 is 13.7. The minimum atomic E-state index is -0.257. The summed E-state index contributed by atoms with van der Waals surface area (Å²) in [6.45, 7) is 3.85. The Morgan fingerprint density at radius 3 is 3.03 bits per heavy atom. The van der Waals surface area contributed by atoms with Gasteiger partial charge in [0.25, 0.3) is 5.91 Å². The third-order valence-electron chi connectivity index (χ3n) is 5.64. The molecule has 168 valence electrons. The Morgan fingerprint density at radius 2 is 2.13 bits per heavy atom. The quantitative estimate of drug-likeness (QED) is 0.641. The highest BCUT2D eigenvalue weighted by Gasteiger charge is 2.35. The van der Waals surface area contributed by atoms with E-state index < -0.39 is 0 Å². The van der Waals surface area contributed by atoms with Crippen molar-refractivity contribution in [2.45, 2.75) is 51.0 Å². The summed E-state index contributed by atoms with van der Waals surface area (Å²) in [7, 11) is 0. The number of likely N-dealkylation sites (tertiary alicyclic amines) is 1. The van der Waals surface area contributed by atoms with Crippen molar-refractivity contribution < 1.29 is 19.4 Å². The van der Waals surface area contributed by atoms with Crippen LogP contribution in [0.3, 0.4) is 0 Å². The van der Waals surface area contributed by atoms with Crippen molar-refractivity contribution in [2.24, 2.45) is 0 Å². The number of unbranched alkanes of at least 4 members (excludes halogenated alkanes) is 3. The number of fused-ring (bicyclic) bond motifs is 4. The lowest BCUT2D eigenvalue weighted by Crippen LogP contribution is -2.44. The minimum Gasteiger partial charge on any atom is -0.489 e. The molecular formula is C21H30N6O4. The molecule has 0 radical (unpaired) electrons. The number of ether oxygens (including phenoxy) is 2. The summed E-state index contributed by atoms with van der Waals surface area (Å²) in [5.41, 5.74) is 1.03. The van der Waals surface area contributed by atoms with Crippen LogP contribution in [0.25, 0.3) is 0 Å². The largest absolute Gasteiger partial charge is 0.489 e. The number of aliphatic hydroxyl groups is 1. The number of carbonyl (C=O) groups excluding carboxylic acids is 1. The Balaban J connectivity index is 1.47. The lowest BCUT2D eigenvalue weighted by Gasteiger charge is -2.20. The number of carbonyl (C=O) groups is 1. The molecule has 2 N–H and O–H groups in total. The predicted octanol–water partition coefficient (Wildman–Crippen LogP) is 0.618. The van der Waals surface area contributed by atoms with Gasteiger partial charge in [-0.15, -0.1) is 5.10 Å². The number of aliphatic hydroxyl groups excluding tert-OH is 1. The van der Waals surface area contributed by atoms with Crippen LogP contribution < -0.4 is 10.1 Å². The van der Waals surface area contributed by atoms with E-state index in [1.165, 1.54) is 0 Å². The summed E-state index contributed by atoms with van der Waals surface area (Å²) in [5, 5.41) is 20.3. The summed E-state index contributed by atoms with van der Waals surface area (Å²) in [5.74, 6) is 0.196. The molecule has 10 heteroatoms. The Hall–Kier alpha value is -2.56. The number of hydrogen-bond donors (Lipinski definition) is 2. The smallest absolute Gasteiger partial charge is 0.274 e. The molecule has 10 nitrogen and oxygen atoms in total. The van der Waals surface area contributed by atoms with Crippen LogP contribution in [0.2, 0.25) is 0 Å². The van der Waals surface area contributed by atoms with Crippen molar-refractivity contribution in [1.82, 2.24) is 30.2 Å². The fraction of sp³-hybridized carbons (Fsp3) is 0.619. The third-order valence-corrected chi connectivity index (χ3v) is 5.64. The van der Waals surface area contributed by atoms with Gasteiger partial charge in [-0.1, -0.05) is 18.1 Å². The Labute approximate surface area is 181 Å². The van der Waals surface area contributed by atoms with Crippen LogP contribution in [0.1, 0.15) is 41.9 Å². The van der Waals surface area contributed by atoms with E-state index in [1.807, 2.05) is 6.20 Å². The molecule has 4 rings (SSSR count). The second kappa shape index (κ2) is 10.7. The molecule has 1 amide bonds. The maximum atomic E-state index is 13.0. The fourth-order valence-corrected chi connectivity index (χ4v) is 4.01. The Bertz CT molecular complexity index is 860. The Kier molecular flexibility index (Phi) is 7.44. The van der Waals surface area contributed by atoms with Gasteiger partial charge in [0.1, 0.15) is 12.3 Å². The van der Waals surface area contributed by atoms with Gasteiger partial charge in [-0.25, -0.2) is 9.67 Å². The van der Waals surface area contributed by atoms with Gasteiger partial charge in [0, 0.05) is 25.9 Å². The number of nitrogens with zero attached hydrogens (tertiary/aromatic N) is 5. The van der Waals surface area contributed by atoms with E-state index in [9.17, 15) is 4.79 Å². The van der Waals surface area contributed by atoms with Crippen molar-refractivity contribution in [2.75, 3.05) is 32.8 Å². The average molecular weight is 431 g/mol. The van der Waals surface area contributed by atoms with Gasteiger partial charge in [-0.2, -0.15) is 0 Å². The van der Waals surface area contributed by atoms with E-state index in [1.54, 1.807) is 23.0 Å². The molecule has 2 atom stereocenters. The van der Waals surface area contributed by atoms with Gasteiger partial charge in [-0.05, 0) is 31.5 Å². The molecule has 0 saturated carbocycles. The second-order valence-corrected chi connectivity index (χ2v) is 8.00. The highest BCUT2D eigenvalue weighted by atomic mass is 16.5. The average Bonchev–Trinajstić information content (AvgIpc) is 3.38. The molecule has 0 aliphatic carbocycles. The van der Waals surface area contributed by atoms with E-state index in [4.69, 9.17) is 14.6 Å². The second-order valence-electron chi connectivity index (χ2n) is 8.00. The van der Waals surface area contributed by atoms with Gasteiger partial charge in [0.15, 0.2) is 11.4 Å². The van der Waals surface area contributed by atoms with E-state index in [0.717, 1.165) is 44.5 Å². The van der Waals surface area contributed by atoms with Gasteiger partial charge in [-0.3, -0.25) is 9.69 Å². The van der Waals surface area contributed by atoms with Crippen LogP contribution in [-0.4, -0.2) is 80.9 Å². The number of amides is 1. The molecule has 2 aromatic heterocycles. The van der Waals surface area contributed by atoms with Gasteiger partial charge < -0.3 is 19.9 Å². The van der Waals surface area contributed by atoms with Gasteiger partial charge in [0.05, 0.1) is 31.5 Å². The minimum absolute atomic E-state index is 0.150. The number of nitrogens with one attached hydrogen (secondary N) is 1. The van der Waals surface area contributed by atoms with Crippen LogP contribution in [-0.2, 0) is 17.9 Å². The van der Waals surface area contributed by atoms with E-state index in [-0.39, 0.29) is 30.4 Å². The van der Waals surface area contributed by atoms with Crippen LogP contribution in [0, 0.1) is 0 Å². The normalized spacial score (nSPS) is 22.2. The maximum absolute atomic E-state index is 13.0. The summed E-state index contributed by atoms with van der Waals surface area (Å²) in [6, 6.07) is 3.35. The zero-order valence-electron chi connectivity index (χ0n) is 17.7. The molecule has 1 fully saturated rings. The lowest BCUT2D eigenvalue weighted by molar-refractivity contribution is 0.0295. The topological polar surface area (TPSA) is 115 Å². The molecule has 2 aromatic rings. The zero-order valence-corrected chi connectivity index (χ0v) is 17.7. The monoisotopic (exact) mass is 430 g/mol. The van der Waals surface area contributed by atoms with Gasteiger partial charge >= 0.3 is 0 Å². The van der Waals surface area contributed by atoms with Crippen LogP contribution >= 0.6 is 0 Å². The van der Waals surface area contributed by atoms with E-state index in [0.29, 0.717) is 32.1 Å². The number of aromatic nitrogens is 4. The zero-order chi connectivity index (χ0) is 21.5. The molecule has 0 unspecified atom stereocenters. The van der Waals surface area contributed by atoms with Crippen molar-refractivity contribution in [3.8, 4) is 5.75 Å². The van der Waals surface area contributed by atoms with Crippen molar-refractivity contribution in [3.05, 3.63) is 35.9 Å². The first-order valence-corrected chi connectivity index (χ1v) is 11.0. The highest BCUT2D eigenvalue weighted by molar-refractivity contribution is 5.95. The van der Waals surface area contributed by atoms with Crippen LogP contribution in [0.5, 0.6) is 5.75 Å².